The number of halogens is 3. The van der Waals surface area contributed by atoms with E-state index in [0.29, 0.717) is 31.2 Å². The molecule has 192 valence electrons. The van der Waals surface area contributed by atoms with Crippen LogP contribution in [0, 0.1) is 5.92 Å². The SMILES string of the molecule is O=C(NCC1CCOCC1)c1cccc(Cn2cnc3cc(-c4cn[nH]c4C(F)(F)F)ccc3c2=O)c1. The summed E-state index contributed by atoms with van der Waals surface area (Å²) in [7, 11) is 0. The maximum absolute atomic E-state index is 13.2. The predicted octanol–water partition coefficient (Wildman–Crippen LogP) is 4.01. The molecule has 0 radical (unpaired) electrons. The van der Waals surface area contributed by atoms with Gasteiger partial charge in [-0.25, -0.2) is 4.98 Å². The summed E-state index contributed by atoms with van der Waals surface area (Å²) in [6.45, 7) is 2.20. The number of fused-ring (bicyclic) bond motifs is 1. The quantitative estimate of drug-likeness (QED) is 0.407. The van der Waals surface area contributed by atoms with E-state index in [1.165, 1.54) is 29.1 Å². The van der Waals surface area contributed by atoms with E-state index in [4.69, 9.17) is 4.74 Å². The van der Waals surface area contributed by atoms with Crippen LogP contribution in [-0.4, -0.2) is 45.4 Å². The number of H-pyrrole nitrogens is 1. The van der Waals surface area contributed by atoms with Crippen LogP contribution in [0.3, 0.4) is 0 Å². The Morgan fingerprint density at radius 1 is 1.16 bits per heavy atom. The Kier molecular flexibility index (Phi) is 6.79. The number of carbonyl (C=O) groups is 1. The van der Waals surface area contributed by atoms with E-state index in [1.807, 2.05) is 11.2 Å². The molecule has 5 rings (SSSR count). The lowest BCUT2D eigenvalue weighted by atomic mass is 10.0. The molecule has 1 saturated heterocycles. The largest absolute Gasteiger partial charge is 0.433 e. The Balaban J connectivity index is 1.34. The highest BCUT2D eigenvalue weighted by Crippen LogP contribution is 2.35. The van der Waals surface area contributed by atoms with Gasteiger partial charge in [-0.15, -0.1) is 0 Å². The normalized spacial score (nSPS) is 14.7. The lowest BCUT2D eigenvalue weighted by molar-refractivity contribution is -0.140. The van der Waals surface area contributed by atoms with E-state index in [1.54, 1.807) is 18.2 Å². The molecule has 0 spiro atoms. The van der Waals surface area contributed by atoms with Crippen LogP contribution in [0.5, 0.6) is 0 Å². The van der Waals surface area contributed by atoms with Gasteiger partial charge in [0.2, 0.25) is 0 Å². The fourth-order valence-electron chi connectivity index (χ4n) is 4.46. The molecule has 11 heteroatoms. The van der Waals surface area contributed by atoms with Crippen molar-refractivity contribution in [2.24, 2.45) is 5.92 Å². The molecule has 2 aromatic carbocycles. The lowest BCUT2D eigenvalue weighted by Crippen LogP contribution is -2.32. The van der Waals surface area contributed by atoms with Crippen molar-refractivity contribution in [3.8, 4) is 11.1 Å². The summed E-state index contributed by atoms with van der Waals surface area (Å²) in [4.78, 5) is 30.0. The van der Waals surface area contributed by atoms with Crippen LogP contribution in [0.1, 0.15) is 34.5 Å². The van der Waals surface area contributed by atoms with Gasteiger partial charge in [-0.2, -0.15) is 18.3 Å². The summed E-state index contributed by atoms with van der Waals surface area (Å²) >= 11 is 0. The average Bonchev–Trinajstić information content (AvgIpc) is 3.41. The summed E-state index contributed by atoms with van der Waals surface area (Å²) in [5.41, 5.74) is 0.341. The maximum Gasteiger partial charge on any atom is 0.433 e. The number of nitrogens with zero attached hydrogens (tertiary/aromatic N) is 3. The fourth-order valence-corrected chi connectivity index (χ4v) is 4.46. The number of hydrogen-bond donors (Lipinski definition) is 2. The molecule has 0 saturated carbocycles. The van der Waals surface area contributed by atoms with Gasteiger partial charge in [0.1, 0.15) is 5.69 Å². The fraction of sp³-hybridized carbons (Fsp3) is 0.308. The molecule has 0 atom stereocenters. The van der Waals surface area contributed by atoms with Crippen molar-refractivity contribution in [2.45, 2.75) is 25.6 Å². The highest BCUT2D eigenvalue weighted by molar-refractivity contribution is 5.94. The van der Waals surface area contributed by atoms with Crippen LogP contribution < -0.4 is 10.9 Å². The molecule has 3 heterocycles. The summed E-state index contributed by atoms with van der Waals surface area (Å²) in [5, 5.41) is 8.74. The molecule has 4 aromatic rings. The van der Waals surface area contributed by atoms with Crippen LogP contribution in [0.4, 0.5) is 13.2 Å². The second-order valence-corrected chi connectivity index (χ2v) is 9.03. The molecule has 2 aromatic heterocycles. The predicted molar refractivity (Wildman–Crippen MR) is 130 cm³/mol. The number of hydrogen-bond acceptors (Lipinski definition) is 5. The second-order valence-electron chi connectivity index (χ2n) is 9.03. The number of alkyl halides is 3. The van der Waals surface area contributed by atoms with E-state index in [9.17, 15) is 22.8 Å². The van der Waals surface area contributed by atoms with Gasteiger partial charge in [0.05, 0.1) is 30.0 Å². The Labute approximate surface area is 209 Å². The highest BCUT2D eigenvalue weighted by Gasteiger charge is 2.36. The number of nitrogens with one attached hydrogen (secondary N) is 2. The van der Waals surface area contributed by atoms with Crippen molar-refractivity contribution in [1.29, 1.82) is 0 Å². The van der Waals surface area contributed by atoms with Gasteiger partial charge in [-0.1, -0.05) is 18.2 Å². The second kappa shape index (κ2) is 10.2. The first-order valence-electron chi connectivity index (χ1n) is 11.8. The van der Waals surface area contributed by atoms with Crippen molar-refractivity contribution in [3.63, 3.8) is 0 Å². The first-order chi connectivity index (χ1) is 17.8. The molecule has 0 unspecified atom stereocenters. The van der Waals surface area contributed by atoms with Crippen LogP contribution in [0.2, 0.25) is 0 Å². The molecular formula is C26H24F3N5O3. The van der Waals surface area contributed by atoms with Crippen molar-refractivity contribution in [3.05, 3.63) is 82.2 Å². The molecule has 1 amide bonds. The first kappa shape index (κ1) is 24.7. The van der Waals surface area contributed by atoms with Crippen LogP contribution >= 0.6 is 0 Å². The summed E-state index contributed by atoms with van der Waals surface area (Å²) < 4.78 is 46.5. The zero-order chi connectivity index (χ0) is 26.0. The summed E-state index contributed by atoms with van der Waals surface area (Å²) in [5.74, 6) is 0.222. The van der Waals surface area contributed by atoms with E-state index in [2.05, 4.69) is 15.4 Å². The molecule has 8 nitrogen and oxygen atoms in total. The number of ether oxygens (including phenoxy) is 1. The Hall–Kier alpha value is -3.99. The molecule has 1 aliphatic rings. The smallest absolute Gasteiger partial charge is 0.381 e. The minimum atomic E-state index is -4.59. The minimum Gasteiger partial charge on any atom is -0.381 e. The van der Waals surface area contributed by atoms with Crippen molar-refractivity contribution in [2.75, 3.05) is 19.8 Å². The van der Waals surface area contributed by atoms with E-state index < -0.39 is 11.9 Å². The maximum atomic E-state index is 13.2. The molecule has 1 aliphatic heterocycles. The van der Waals surface area contributed by atoms with Gasteiger partial charge >= 0.3 is 6.18 Å². The van der Waals surface area contributed by atoms with Gasteiger partial charge in [-0.3, -0.25) is 19.3 Å². The minimum absolute atomic E-state index is 0.118. The van der Waals surface area contributed by atoms with E-state index in [0.717, 1.165) is 24.6 Å². The number of benzene rings is 2. The van der Waals surface area contributed by atoms with Crippen LogP contribution in [0.25, 0.3) is 22.0 Å². The lowest BCUT2D eigenvalue weighted by Gasteiger charge is -2.22. The zero-order valence-corrected chi connectivity index (χ0v) is 19.7. The monoisotopic (exact) mass is 511 g/mol. The third-order valence-electron chi connectivity index (χ3n) is 6.49. The van der Waals surface area contributed by atoms with E-state index >= 15 is 0 Å². The van der Waals surface area contributed by atoms with Crippen molar-refractivity contribution < 1.29 is 22.7 Å². The number of aromatic amines is 1. The number of amides is 1. The number of aromatic nitrogens is 4. The summed E-state index contributed by atoms with van der Waals surface area (Å²) in [6.07, 6.45) is -0.297. The van der Waals surface area contributed by atoms with Crippen LogP contribution in [0.15, 0.2) is 59.8 Å². The topological polar surface area (TPSA) is 102 Å². The van der Waals surface area contributed by atoms with Gasteiger partial charge in [-0.05, 0) is 54.2 Å². The molecule has 37 heavy (non-hydrogen) atoms. The first-order valence-corrected chi connectivity index (χ1v) is 11.8. The Morgan fingerprint density at radius 3 is 2.76 bits per heavy atom. The Morgan fingerprint density at radius 2 is 1.97 bits per heavy atom. The standard InChI is InChI=1S/C26H24F3N5O3/c27-26(28,29)23-21(13-32-33-23)18-4-5-20-22(11-18)31-15-34(25(20)36)14-17-2-1-3-19(10-17)24(35)30-12-16-6-8-37-9-7-16/h1-5,10-11,13,15-16H,6-9,12,14H2,(H,30,35)(H,32,33). The van der Waals surface area contributed by atoms with E-state index in [-0.39, 0.29) is 40.0 Å². The molecule has 2 N–H and O–H groups in total. The Bertz CT molecular complexity index is 1490. The molecule has 0 bridgehead atoms. The van der Waals surface area contributed by atoms with Crippen molar-refractivity contribution in [1.82, 2.24) is 25.1 Å². The van der Waals surface area contributed by atoms with Gasteiger partial charge in [0, 0.05) is 30.9 Å². The van der Waals surface area contributed by atoms with Gasteiger partial charge < -0.3 is 10.1 Å². The van der Waals surface area contributed by atoms with Gasteiger partial charge in [0.25, 0.3) is 11.5 Å². The number of rotatable bonds is 6. The number of carbonyl (C=O) groups excluding carboxylic acids is 1. The zero-order valence-electron chi connectivity index (χ0n) is 19.7. The summed E-state index contributed by atoms with van der Waals surface area (Å²) in [6, 6.07) is 11.4. The van der Waals surface area contributed by atoms with Gasteiger partial charge in [0.15, 0.2) is 0 Å². The third-order valence-corrected chi connectivity index (χ3v) is 6.49. The molecular weight excluding hydrogens is 487 g/mol. The van der Waals surface area contributed by atoms with Crippen LogP contribution in [-0.2, 0) is 17.5 Å². The third kappa shape index (κ3) is 5.41. The molecule has 0 aliphatic carbocycles. The highest BCUT2D eigenvalue weighted by atomic mass is 19.4. The van der Waals surface area contributed by atoms with Crippen molar-refractivity contribution >= 4 is 16.8 Å². The molecule has 1 fully saturated rings. The average molecular weight is 512 g/mol.